The summed E-state index contributed by atoms with van der Waals surface area (Å²) in [7, 11) is 3.09. The average Bonchev–Trinajstić information content (AvgIpc) is 2.66. The van der Waals surface area contributed by atoms with Crippen LogP contribution in [0.5, 0.6) is 11.5 Å². The molecular weight excluding hydrogens is 334 g/mol. The number of anilines is 1. The fourth-order valence-electron chi connectivity index (χ4n) is 2.16. The quantitative estimate of drug-likeness (QED) is 0.609. The van der Waals surface area contributed by atoms with Crippen LogP contribution in [-0.2, 0) is 14.3 Å². The zero-order valence-corrected chi connectivity index (χ0v) is 14.9. The summed E-state index contributed by atoms with van der Waals surface area (Å²) in [5.74, 6) is 0.182. The first-order valence-corrected chi connectivity index (χ1v) is 8.00. The summed E-state index contributed by atoms with van der Waals surface area (Å²) in [4.78, 5) is 24.0. The van der Waals surface area contributed by atoms with E-state index in [4.69, 9.17) is 14.2 Å². The molecule has 0 aliphatic carbocycles. The van der Waals surface area contributed by atoms with E-state index in [0.717, 1.165) is 0 Å². The average molecular weight is 355 g/mol. The molecule has 2 aromatic carbocycles. The molecule has 136 valence electrons. The van der Waals surface area contributed by atoms with Crippen LogP contribution in [-0.4, -0.2) is 32.2 Å². The van der Waals surface area contributed by atoms with Crippen molar-refractivity contribution >= 4 is 23.6 Å². The number of ether oxygens (including phenoxy) is 3. The maximum Gasteiger partial charge on any atom is 0.331 e. The second kappa shape index (κ2) is 9.27. The van der Waals surface area contributed by atoms with Crippen LogP contribution in [0.4, 0.5) is 5.69 Å². The SMILES string of the molecule is COc1ccc(OC)c(/C=C/C(=O)O[C@H](C)C(=O)Nc2ccccc2)c1. The van der Waals surface area contributed by atoms with E-state index < -0.39 is 18.0 Å². The third-order valence-electron chi connectivity index (χ3n) is 3.54. The summed E-state index contributed by atoms with van der Waals surface area (Å²) >= 11 is 0. The van der Waals surface area contributed by atoms with Crippen molar-refractivity contribution in [1.29, 1.82) is 0 Å². The number of amides is 1. The lowest BCUT2D eigenvalue weighted by Crippen LogP contribution is -2.29. The maximum absolute atomic E-state index is 12.1. The molecule has 0 spiro atoms. The Balaban J connectivity index is 1.97. The highest BCUT2D eigenvalue weighted by Gasteiger charge is 2.16. The fourth-order valence-corrected chi connectivity index (χ4v) is 2.16. The molecule has 0 fully saturated rings. The third kappa shape index (κ3) is 5.37. The number of benzene rings is 2. The molecule has 2 rings (SSSR count). The van der Waals surface area contributed by atoms with Gasteiger partial charge in [0.15, 0.2) is 6.10 Å². The molecule has 26 heavy (non-hydrogen) atoms. The Labute approximate surface area is 152 Å². The van der Waals surface area contributed by atoms with Crippen LogP contribution < -0.4 is 14.8 Å². The highest BCUT2D eigenvalue weighted by atomic mass is 16.5. The Bertz CT molecular complexity index is 786. The molecule has 0 heterocycles. The molecule has 0 unspecified atom stereocenters. The molecule has 2 aromatic rings. The summed E-state index contributed by atoms with van der Waals surface area (Å²) in [5.41, 5.74) is 1.29. The van der Waals surface area contributed by atoms with E-state index >= 15 is 0 Å². The first-order chi connectivity index (χ1) is 12.5. The van der Waals surface area contributed by atoms with Crippen molar-refractivity contribution in [2.45, 2.75) is 13.0 Å². The van der Waals surface area contributed by atoms with Crippen LogP contribution >= 0.6 is 0 Å². The van der Waals surface area contributed by atoms with Gasteiger partial charge in [0.05, 0.1) is 14.2 Å². The van der Waals surface area contributed by atoms with Crippen LogP contribution in [0.3, 0.4) is 0 Å². The van der Waals surface area contributed by atoms with Crippen molar-refractivity contribution in [2.24, 2.45) is 0 Å². The van der Waals surface area contributed by atoms with Crippen molar-refractivity contribution < 1.29 is 23.8 Å². The van der Waals surface area contributed by atoms with Crippen LogP contribution in [0.25, 0.3) is 6.08 Å². The van der Waals surface area contributed by atoms with Gasteiger partial charge in [-0.1, -0.05) is 18.2 Å². The molecule has 0 aromatic heterocycles. The van der Waals surface area contributed by atoms with Gasteiger partial charge in [-0.15, -0.1) is 0 Å². The lowest BCUT2D eigenvalue weighted by molar-refractivity contribution is -0.148. The number of carbonyl (C=O) groups is 2. The standard InChI is InChI=1S/C20H21NO5/c1-14(20(23)21-16-7-5-4-6-8-16)26-19(22)12-9-15-13-17(24-2)10-11-18(15)25-3/h4-14H,1-3H3,(H,21,23)/b12-9+/t14-/m1/s1. The highest BCUT2D eigenvalue weighted by molar-refractivity contribution is 5.96. The first kappa shape index (κ1) is 19.1. The van der Waals surface area contributed by atoms with Gasteiger partial charge in [0.2, 0.25) is 0 Å². The van der Waals surface area contributed by atoms with E-state index in [9.17, 15) is 9.59 Å². The number of rotatable bonds is 7. The Kier molecular flexibility index (Phi) is 6.79. The minimum Gasteiger partial charge on any atom is -0.497 e. The van der Waals surface area contributed by atoms with Crippen LogP contribution in [0.1, 0.15) is 12.5 Å². The molecule has 0 radical (unpaired) electrons. The first-order valence-electron chi connectivity index (χ1n) is 8.00. The fraction of sp³-hybridized carbons (Fsp3) is 0.200. The van der Waals surface area contributed by atoms with Crippen LogP contribution in [0, 0.1) is 0 Å². The van der Waals surface area contributed by atoms with E-state index in [1.54, 1.807) is 55.7 Å². The number of hydrogen-bond donors (Lipinski definition) is 1. The smallest absolute Gasteiger partial charge is 0.331 e. The number of esters is 1. The number of nitrogens with one attached hydrogen (secondary N) is 1. The lowest BCUT2D eigenvalue weighted by Gasteiger charge is -2.12. The van der Waals surface area contributed by atoms with Gasteiger partial charge in [0.25, 0.3) is 5.91 Å². The summed E-state index contributed by atoms with van der Waals surface area (Å²) < 4.78 is 15.5. The van der Waals surface area contributed by atoms with E-state index in [2.05, 4.69) is 5.32 Å². The molecule has 0 aliphatic rings. The number of hydrogen-bond acceptors (Lipinski definition) is 5. The summed E-state index contributed by atoms with van der Waals surface area (Å²) in [6.07, 6.45) is 1.86. The van der Waals surface area contributed by atoms with Crippen molar-refractivity contribution in [3.05, 3.63) is 60.2 Å². The summed E-state index contributed by atoms with van der Waals surface area (Å²) in [5, 5.41) is 2.68. The Morgan fingerprint density at radius 1 is 1.04 bits per heavy atom. The predicted octanol–water partition coefficient (Wildman–Crippen LogP) is 3.29. The number of methoxy groups -OCH3 is 2. The van der Waals surface area contributed by atoms with Gasteiger partial charge in [-0.25, -0.2) is 4.79 Å². The van der Waals surface area contributed by atoms with Gasteiger partial charge >= 0.3 is 5.97 Å². The normalized spacial score (nSPS) is 11.7. The van der Waals surface area contributed by atoms with Gasteiger partial charge in [0, 0.05) is 17.3 Å². The van der Waals surface area contributed by atoms with Gasteiger partial charge in [-0.2, -0.15) is 0 Å². The zero-order valence-electron chi connectivity index (χ0n) is 14.9. The molecule has 0 bridgehead atoms. The van der Waals surface area contributed by atoms with Crippen molar-refractivity contribution in [1.82, 2.24) is 0 Å². The summed E-state index contributed by atoms with van der Waals surface area (Å²) in [6, 6.07) is 14.2. The largest absolute Gasteiger partial charge is 0.497 e. The molecule has 0 saturated heterocycles. The molecular formula is C20H21NO5. The predicted molar refractivity (Wildman–Crippen MR) is 99.2 cm³/mol. The monoisotopic (exact) mass is 355 g/mol. The zero-order chi connectivity index (χ0) is 18.9. The van der Waals surface area contributed by atoms with Crippen LogP contribution in [0.15, 0.2) is 54.6 Å². The van der Waals surface area contributed by atoms with Crippen molar-refractivity contribution in [2.75, 3.05) is 19.5 Å². The van der Waals surface area contributed by atoms with E-state index in [0.29, 0.717) is 22.7 Å². The van der Waals surface area contributed by atoms with Gasteiger partial charge in [-0.05, 0) is 43.3 Å². The molecule has 0 saturated carbocycles. The molecule has 1 atom stereocenters. The van der Waals surface area contributed by atoms with E-state index in [1.165, 1.54) is 20.1 Å². The topological polar surface area (TPSA) is 73.9 Å². The number of para-hydroxylation sites is 1. The molecule has 1 amide bonds. The Hall–Kier alpha value is -3.28. The number of carbonyl (C=O) groups excluding carboxylic acids is 2. The van der Waals surface area contributed by atoms with E-state index in [-0.39, 0.29) is 0 Å². The molecule has 6 nitrogen and oxygen atoms in total. The summed E-state index contributed by atoms with van der Waals surface area (Å²) in [6.45, 7) is 1.51. The van der Waals surface area contributed by atoms with Gasteiger partial charge in [-0.3, -0.25) is 4.79 Å². The van der Waals surface area contributed by atoms with Crippen molar-refractivity contribution in [3.63, 3.8) is 0 Å². The second-order valence-corrected chi connectivity index (χ2v) is 5.38. The molecule has 6 heteroatoms. The molecule has 0 aliphatic heterocycles. The highest BCUT2D eigenvalue weighted by Crippen LogP contribution is 2.25. The minimum atomic E-state index is -0.931. The van der Waals surface area contributed by atoms with Crippen LogP contribution in [0.2, 0.25) is 0 Å². The van der Waals surface area contributed by atoms with E-state index in [1.807, 2.05) is 6.07 Å². The Morgan fingerprint density at radius 3 is 2.42 bits per heavy atom. The maximum atomic E-state index is 12.1. The molecule has 1 N–H and O–H groups in total. The minimum absolute atomic E-state index is 0.406. The Morgan fingerprint density at radius 2 is 1.77 bits per heavy atom. The lowest BCUT2D eigenvalue weighted by atomic mass is 10.1. The van der Waals surface area contributed by atoms with Gasteiger partial charge < -0.3 is 19.5 Å². The second-order valence-electron chi connectivity index (χ2n) is 5.38. The van der Waals surface area contributed by atoms with Crippen molar-refractivity contribution in [3.8, 4) is 11.5 Å². The third-order valence-corrected chi connectivity index (χ3v) is 3.54. The van der Waals surface area contributed by atoms with Gasteiger partial charge in [0.1, 0.15) is 11.5 Å².